The van der Waals surface area contributed by atoms with Crippen LogP contribution in [-0.4, -0.2) is 45.9 Å². The van der Waals surface area contributed by atoms with Crippen molar-refractivity contribution < 1.29 is 16.8 Å². The number of hydrogen-bond donors (Lipinski definition) is 4. The second kappa shape index (κ2) is 8.71. The summed E-state index contributed by atoms with van der Waals surface area (Å²) < 4.78 is 51.8. The maximum atomic E-state index is 11.9. The fourth-order valence-electron chi connectivity index (χ4n) is 2.37. The summed E-state index contributed by atoms with van der Waals surface area (Å²) in [6.45, 7) is 0. The van der Waals surface area contributed by atoms with Crippen LogP contribution in [0.15, 0.2) is 64.9 Å². The van der Waals surface area contributed by atoms with Crippen molar-refractivity contribution in [1.82, 2.24) is 24.4 Å². The third-order valence-electron chi connectivity index (χ3n) is 3.91. The zero-order chi connectivity index (χ0) is 21.8. The lowest BCUT2D eigenvalue weighted by atomic mass is 10.3. The fourth-order valence-corrected chi connectivity index (χ4v) is 3.79. The van der Waals surface area contributed by atoms with Crippen LogP contribution >= 0.6 is 0 Å². The summed E-state index contributed by atoms with van der Waals surface area (Å²) in [5, 5.41) is 5.91. The van der Waals surface area contributed by atoms with Gasteiger partial charge in [0.2, 0.25) is 10.0 Å². The Hall–Kier alpha value is -3.13. The Balaban J connectivity index is 1.77. The Morgan fingerprint density at radius 2 is 1.40 bits per heavy atom. The molecule has 0 aliphatic rings. The fraction of sp³-hybridized carbons (Fsp3) is 0.118. The first-order valence-corrected chi connectivity index (χ1v) is 11.5. The van der Waals surface area contributed by atoms with Crippen molar-refractivity contribution in [3.8, 4) is 0 Å². The minimum atomic E-state index is -3.62. The summed E-state index contributed by atoms with van der Waals surface area (Å²) >= 11 is 0. The lowest BCUT2D eigenvalue weighted by Crippen LogP contribution is -2.19. The largest absolute Gasteiger partial charge is 0.340 e. The highest BCUT2D eigenvalue weighted by Gasteiger charge is 2.13. The molecule has 1 aromatic carbocycles. The van der Waals surface area contributed by atoms with E-state index in [1.54, 1.807) is 24.3 Å². The molecule has 0 spiro atoms. The molecule has 0 aliphatic carbocycles. The van der Waals surface area contributed by atoms with Crippen LogP contribution in [0.3, 0.4) is 0 Å². The van der Waals surface area contributed by atoms with E-state index in [0.29, 0.717) is 23.0 Å². The standard InChI is InChI=1S/C17H19N7O4S2/c1-18-29(25,26)14-5-3-4-12(8-14)23-15-9-16(22-11-21-15)24-13-6-7-17(20-10-13)30(27,28)19-2/h3-11,18-19H,1-2H3,(H2,21,22,23,24). The number of benzene rings is 1. The van der Waals surface area contributed by atoms with Gasteiger partial charge in [-0.1, -0.05) is 6.07 Å². The Morgan fingerprint density at radius 3 is 2.00 bits per heavy atom. The molecule has 0 aliphatic heterocycles. The van der Waals surface area contributed by atoms with Crippen molar-refractivity contribution in [2.24, 2.45) is 0 Å². The molecule has 0 bridgehead atoms. The maximum absolute atomic E-state index is 11.9. The molecule has 0 saturated heterocycles. The summed E-state index contributed by atoms with van der Waals surface area (Å²) in [7, 11) is -4.54. The van der Waals surface area contributed by atoms with Crippen LogP contribution in [0.1, 0.15) is 0 Å². The second-order valence-electron chi connectivity index (χ2n) is 5.87. The minimum Gasteiger partial charge on any atom is -0.340 e. The van der Waals surface area contributed by atoms with E-state index in [1.807, 2.05) is 0 Å². The Kier molecular flexibility index (Phi) is 6.26. The van der Waals surface area contributed by atoms with E-state index in [1.165, 1.54) is 44.8 Å². The third-order valence-corrected chi connectivity index (χ3v) is 6.65. The van der Waals surface area contributed by atoms with Crippen molar-refractivity contribution in [3.05, 3.63) is 55.0 Å². The topological polar surface area (TPSA) is 155 Å². The van der Waals surface area contributed by atoms with Gasteiger partial charge < -0.3 is 10.6 Å². The third kappa shape index (κ3) is 5.07. The number of nitrogens with one attached hydrogen (secondary N) is 4. The van der Waals surface area contributed by atoms with Crippen molar-refractivity contribution in [2.75, 3.05) is 24.7 Å². The van der Waals surface area contributed by atoms with Gasteiger partial charge in [-0.25, -0.2) is 41.2 Å². The minimum absolute atomic E-state index is 0.100. The van der Waals surface area contributed by atoms with Gasteiger partial charge in [0.15, 0.2) is 5.03 Å². The zero-order valence-electron chi connectivity index (χ0n) is 16.0. The smallest absolute Gasteiger partial charge is 0.257 e. The summed E-state index contributed by atoms with van der Waals surface area (Å²) in [6, 6.07) is 10.8. The van der Waals surface area contributed by atoms with Crippen LogP contribution in [-0.2, 0) is 20.0 Å². The Labute approximate surface area is 174 Å². The molecule has 11 nitrogen and oxygen atoms in total. The average Bonchev–Trinajstić information content (AvgIpc) is 2.74. The lowest BCUT2D eigenvalue weighted by molar-refractivity contribution is 0.584. The van der Waals surface area contributed by atoms with Crippen LogP contribution in [0.25, 0.3) is 0 Å². The molecule has 0 amide bonds. The van der Waals surface area contributed by atoms with Gasteiger partial charge in [-0.3, -0.25) is 0 Å². The molecule has 0 radical (unpaired) electrons. The molecule has 13 heteroatoms. The van der Waals surface area contributed by atoms with Gasteiger partial charge in [-0.05, 0) is 44.4 Å². The van der Waals surface area contributed by atoms with Gasteiger partial charge in [0.1, 0.15) is 18.0 Å². The van der Waals surface area contributed by atoms with Crippen molar-refractivity contribution in [3.63, 3.8) is 0 Å². The number of sulfonamides is 2. The number of anilines is 4. The highest BCUT2D eigenvalue weighted by atomic mass is 32.2. The molecule has 30 heavy (non-hydrogen) atoms. The Bertz CT molecular complexity index is 1250. The number of rotatable bonds is 8. The van der Waals surface area contributed by atoms with E-state index in [9.17, 15) is 16.8 Å². The predicted octanol–water partition coefficient (Wildman–Crippen LogP) is 1.17. The number of nitrogens with zero attached hydrogens (tertiary/aromatic N) is 3. The van der Waals surface area contributed by atoms with Gasteiger partial charge in [-0.15, -0.1) is 0 Å². The average molecular weight is 450 g/mol. The molecular weight excluding hydrogens is 430 g/mol. The molecule has 0 unspecified atom stereocenters. The first-order valence-electron chi connectivity index (χ1n) is 8.53. The second-order valence-corrected chi connectivity index (χ2v) is 9.59. The molecule has 2 aromatic heterocycles. The van der Waals surface area contributed by atoms with Gasteiger partial charge in [-0.2, -0.15) is 0 Å². The molecule has 0 atom stereocenters. The van der Waals surface area contributed by atoms with Crippen LogP contribution in [0, 0.1) is 0 Å². The van der Waals surface area contributed by atoms with E-state index in [-0.39, 0.29) is 9.92 Å². The lowest BCUT2D eigenvalue weighted by Gasteiger charge is -2.10. The van der Waals surface area contributed by atoms with Gasteiger partial charge in [0, 0.05) is 11.8 Å². The highest BCUT2D eigenvalue weighted by molar-refractivity contribution is 7.89. The summed E-state index contributed by atoms with van der Waals surface area (Å²) in [4.78, 5) is 12.3. The van der Waals surface area contributed by atoms with E-state index in [4.69, 9.17) is 0 Å². The van der Waals surface area contributed by atoms with E-state index >= 15 is 0 Å². The van der Waals surface area contributed by atoms with Crippen LogP contribution in [0.4, 0.5) is 23.0 Å². The predicted molar refractivity (Wildman–Crippen MR) is 112 cm³/mol. The molecule has 0 fully saturated rings. The van der Waals surface area contributed by atoms with Crippen LogP contribution in [0.2, 0.25) is 0 Å². The quantitative estimate of drug-likeness (QED) is 0.396. The van der Waals surface area contributed by atoms with Crippen LogP contribution < -0.4 is 20.1 Å². The highest BCUT2D eigenvalue weighted by Crippen LogP contribution is 2.21. The summed E-state index contributed by atoms with van der Waals surface area (Å²) in [6.07, 6.45) is 2.69. The molecule has 4 N–H and O–H groups in total. The first kappa shape index (κ1) is 21.6. The van der Waals surface area contributed by atoms with Crippen LogP contribution in [0.5, 0.6) is 0 Å². The normalized spacial score (nSPS) is 11.8. The van der Waals surface area contributed by atoms with Gasteiger partial charge in [0.05, 0.1) is 16.8 Å². The molecule has 158 valence electrons. The SMILES string of the molecule is CNS(=O)(=O)c1cccc(Nc2cc(Nc3ccc(S(=O)(=O)NC)nc3)ncn2)c1. The first-order chi connectivity index (χ1) is 14.2. The molecule has 2 heterocycles. The maximum Gasteiger partial charge on any atom is 0.257 e. The van der Waals surface area contributed by atoms with Crippen molar-refractivity contribution in [1.29, 1.82) is 0 Å². The summed E-state index contributed by atoms with van der Waals surface area (Å²) in [5.74, 6) is 0.853. The van der Waals surface area contributed by atoms with Crippen molar-refractivity contribution in [2.45, 2.75) is 9.92 Å². The van der Waals surface area contributed by atoms with Crippen molar-refractivity contribution >= 4 is 43.1 Å². The molecule has 3 aromatic rings. The van der Waals surface area contributed by atoms with E-state index in [2.05, 4.69) is 35.0 Å². The number of hydrogen-bond acceptors (Lipinski definition) is 9. The van der Waals surface area contributed by atoms with Gasteiger partial charge in [0.25, 0.3) is 10.0 Å². The van der Waals surface area contributed by atoms with E-state index < -0.39 is 20.0 Å². The number of pyridine rings is 1. The monoisotopic (exact) mass is 449 g/mol. The molecule has 3 rings (SSSR count). The zero-order valence-corrected chi connectivity index (χ0v) is 17.6. The summed E-state index contributed by atoms with van der Waals surface area (Å²) in [5.41, 5.74) is 1.05. The van der Waals surface area contributed by atoms with E-state index in [0.717, 1.165) is 0 Å². The van der Waals surface area contributed by atoms with Gasteiger partial charge >= 0.3 is 0 Å². The number of aromatic nitrogens is 3. The molecular formula is C17H19N7O4S2. The molecule has 0 saturated carbocycles. The Morgan fingerprint density at radius 1 is 0.733 bits per heavy atom.